The van der Waals surface area contributed by atoms with Gasteiger partial charge in [0.05, 0.1) is 19.8 Å². The van der Waals surface area contributed by atoms with Crippen LogP contribution in [0.25, 0.3) is 0 Å². The summed E-state index contributed by atoms with van der Waals surface area (Å²) in [6.07, 6.45) is -4.69. The third-order valence-electron chi connectivity index (χ3n) is 6.39. The van der Waals surface area contributed by atoms with Crippen LogP contribution in [-0.4, -0.2) is 53.0 Å². The van der Waals surface area contributed by atoms with Crippen LogP contribution in [0.3, 0.4) is 0 Å². The van der Waals surface area contributed by atoms with Gasteiger partial charge in [0.15, 0.2) is 0 Å². The number of esters is 1. The molecule has 3 aromatic rings. The number of hydrogen-bond acceptors (Lipinski definition) is 8. The van der Waals surface area contributed by atoms with Crippen molar-refractivity contribution in [3.8, 4) is 0 Å². The smallest absolute Gasteiger partial charge is 0.302 e. The van der Waals surface area contributed by atoms with E-state index in [1.807, 2.05) is 91.0 Å². The van der Waals surface area contributed by atoms with Gasteiger partial charge in [0, 0.05) is 6.92 Å². The Bertz CT molecular complexity index is 1260. The summed E-state index contributed by atoms with van der Waals surface area (Å²) in [5.74, 6) is -1.17. The lowest BCUT2D eigenvalue weighted by molar-refractivity contribution is -0.312. The zero-order valence-electron chi connectivity index (χ0n) is 22.9. The lowest BCUT2D eigenvalue weighted by atomic mass is 9.97. The minimum atomic E-state index is -2.15. The number of carbonyl (C=O) groups excluding carboxylic acids is 1. The van der Waals surface area contributed by atoms with Gasteiger partial charge in [0.1, 0.15) is 31.0 Å². The van der Waals surface area contributed by atoms with E-state index in [1.165, 1.54) is 6.92 Å². The first kappa shape index (κ1) is 32.2. The zero-order chi connectivity index (χ0) is 30.0. The highest BCUT2D eigenvalue weighted by molar-refractivity contribution is 6.76. The molecule has 0 aromatic heterocycles. The van der Waals surface area contributed by atoms with Crippen molar-refractivity contribution in [1.29, 1.82) is 5.41 Å². The van der Waals surface area contributed by atoms with Crippen LogP contribution in [0.2, 0.25) is 0 Å². The quantitative estimate of drug-likeness (QED) is 0.106. The molecule has 42 heavy (non-hydrogen) atoms. The highest BCUT2D eigenvalue weighted by atomic mass is 35.6. The fraction of sp³-hybridized carbons (Fsp3) is 0.355. The first-order valence-electron chi connectivity index (χ1n) is 13.3. The van der Waals surface area contributed by atoms with Crippen LogP contribution in [0.5, 0.6) is 0 Å². The molecule has 1 N–H and O–H groups in total. The molecule has 1 saturated heterocycles. The molecular formula is C31H32Cl3NO7. The standard InChI is InChI=1S/C31H32Cl3NO7/c1-21(36)37-20-25-26(38-17-22-11-5-2-6-12-22)27(39-18-23-13-7-3-8-14-23)28(40-19-24-15-9-4-10-16-24)29(41-25)42-30(35)31(32,33)34/h2-16,25-29,35H,17-20H2,1H3/t25-,26-,27+,28-,29-/m1/s1. The van der Waals surface area contributed by atoms with Crippen molar-refractivity contribution in [3.05, 3.63) is 108 Å². The van der Waals surface area contributed by atoms with Crippen LogP contribution in [0.4, 0.5) is 0 Å². The lowest BCUT2D eigenvalue weighted by Crippen LogP contribution is -2.62. The molecule has 0 unspecified atom stereocenters. The number of halogens is 3. The maximum atomic E-state index is 11.8. The summed E-state index contributed by atoms with van der Waals surface area (Å²) in [7, 11) is 0. The van der Waals surface area contributed by atoms with Gasteiger partial charge in [-0.05, 0) is 16.7 Å². The second kappa shape index (κ2) is 15.7. The number of alkyl halides is 3. The Balaban J connectivity index is 1.68. The van der Waals surface area contributed by atoms with Crippen molar-refractivity contribution in [2.24, 2.45) is 0 Å². The summed E-state index contributed by atoms with van der Waals surface area (Å²) in [6.45, 7) is 1.71. The maximum absolute atomic E-state index is 11.8. The summed E-state index contributed by atoms with van der Waals surface area (Å²) >= 11 is 17.8. The lowest BCUT2D eigenvalue weighted by Gasteiger charge is -2.45. The molecule has 5 atom stereocenters. The molecule has 0 spiro atoms. The molecule has 224 valence electrons. The first-order chi connectivity index (χ1) is 20.2. The van der Waals surface area contributed by atoms with Crippen LogP contribution in [0, 0.1) is 5.41 Å². The highest BCUT2D eigenvalue weighted by Gasteiger charge is 2.51. The Morgan fingerprint density at radius 3 is 1.60 bits per heavy atom. The minimum Gasteiger partial charge on any atom is -0.463 e. The summed E-state index contributed by atoms with van der Waals surface area (Å²) in [5, 5.41) is 8.23. The molecular weight excluding hydrogens is 605 g/mol. The Hall–Kier alpha value is -2.69. The number of rotatable bonds is 12. The molecule has 3 aromatic carbocycles. The molecule has 1 fully saturated rings. The van der Waals surface area contributed by atoms with E-state index in [-0.39, 0.29) is 26.4 Å². The number of ether oxygens (including phenoxy) is 6. The second-order valence-electron chi connectivity index (χ2n) is 9.57. The third-order valence-corrected chi connectivity index (χ3v) is 6.90. The molecule has 0 bridgehead atoms. The Morgan fingerprint density at radius 1 is 0.738 bits per heavy atom. The van der Waals surface area contributed by atoms with E-state index in [0.29, 0.717) is 0 Å². The predicted octanol–water partition coefficient (Wildman–Crippen LogP) is 6.39. The molecule has 1 heterocycles. The average molecular weight is 637 g/mol. The van der Waals surface area contributed by atoms with Crippen LogP contribution in [-0.2, 0) is 53.0 Å². The largest absolute Gasteiger partial charge is 0.463 e. The van der Waals surface area contributed by atoms with Crippen molar-refractivity contribution < 1.29 is 33.2 Å². The zero-order valence-corrected chi connectivity index (χ0v) is 25.1. The van der Waals surface area contributed by atoms with Gasteiger partial charge in [-0.15, -0.1) is 0 Å². The van der Waals surface area contributed by atoms with Crippen molar-refractivity contribution in [1.82, 2.24) is 0 Å². The fourth-order valence-electron chi connectivity index (χ4n) is 4.36. The molecule has 11 heteroatoms. The van der Waals surface area contributed by atoms with E-state index in [2.05, 4.69) is 0 Å². The maximum Gasteiger partial charge on any atom is 0.302 e. The Morgan fingerprint density at radius 2 is 1.17 bits per heavy atom. The molecule has 0 radical (unpaired) electrons. The fourth-order valence-corrected chi connectivity index (χ4v) is 4.49. The molecule has 0 aliphatic carbocycles. The number of nitrogens with one attached hydrogen (secondary N) is 1. The van der Waals surface area contributed by atoms with Gasteiger partial charge in [-0.3, -0.25) is 10.2 Å². The molecule has 0 amide bonds. The van der Waals surface area contributed by atoms with E-state index in [4.69, 9.17) is 68.6 Å². The van der Waals surface area contributed by atoms with Crippen molar-refractivity contribution in [3.63, 3.8) is 0 Å². The topological polar surface area (TPSA) is 96.3 Å². The summed E-state index contributed by atoms with van der Waals surface area (Å²) in [6, 6.07) is 28.7. The minimum absolute atomic E-state index is 0.168. The van der Waals surface area contributed by atoms with E-state index in [9.17, 15) is 4.79 Å². The van der Waals surface area contributed by atoms with Gasteiger partial charge >= 0.3 is 5.97 Å². The molecule has 1 aliphatic heterocycles. The van der Waals surface area contributed by atoms with E-state index >= 15 is 0 Å². The van der Waals surface area contributed by atoms with E-state index in [1.54, 1.807) is 0 Å². The average Bonchev–Trinajstić information content (AvgIpc) is 2.98. The van der Waals surface area contributed by atoms with Gasteiger partial charge in [0.25, 0.3) is 3.79 Å². The molecule has 0 saturated carbocycles. The molecule has 1 aliphatic rings. The van der Waals surface area contributed by atoms with Gasteiger partial charge in [0.2, 0.25) is 12.2 Å². The number of carbonyl (C=O) groups is 1. The van der Waals surface area contributed by atoms with Crippen LogP contribution >= 0.6 is 34.8 Å². The normalized spacial score (nSPS) is 22.3. The summed E-state index contributed by atoms with van der Waals surface area (Å²) in [4.78, 5) is 11.8. The highest BCUT2D eigenvalue weighted by Crippen LogP contribution is 2.34. The van der Waals surface area contributed by atoms with Crippen molar-refractivity contribution in [2.45, 2.75) is 61.2 Å². The van der Waals surface area contributed by atoms with Crippen LogP contribution in [0.1, 0.15) is 23.6 Å². The molecule has 4 rings (SSSR count). The first-order valence-corrected chi connectivity index (χ1v) is 14.4. The van der Waals surface area contributed by atoms with Crippen molar-refractivity contribution in [2.75, 3.05) is 6.61 Å². The van der Waals surface area contributed by atoms with E-state index in [0.717, 1.165) is 16.7 Å². The van der Waals surface area contributed by atoms with E-state index < -0.39 is 46.4 Å². The predicted molar refractivity (Wildman–Crippen MR) is 159 cm³/mol. The van der Waals surface area contributed by atoms with Crippen LogP contribution in [0.15, 0.2) is 91.0 Å². The van der Waals surface area contributed by atoms with Gasteiger partial charge in [-0.25, -0.2) is 0 Å². The summed E-state index contributed by atoms with van der Waals surface area (Å²) in [5.41, 5.74) is 2.72. The second-order valence-corrected chi connectivity index (χ2v) is 11.9. The molecule has 8 nitrogen and oxygen atoms in total. The monoisotopic (exact) mass is 635 g/mol. The number of benzene rings is 3. The Labute approximate surface area is 260 Å². The SMILES string of the molecule is CC(=O)OC[C@H]1O[C@H](OC(=N)C(Cl)(Cl)Cl)[C@H](OCc2ccccc2)[C@@H](OCc2ccccc2)[C@@H]1OCc1ccccc1. The third kappa shape index (κ3) is 9.67. The number of hydrogen-bond donors (Lipinski definition) is 1. The van der Waals surface area contributed by atoms with Gasteiger partial charge < -0.3 is 28.4 Å². The van der Waals surface area contributed by atoms with Gasteiger partial charge in [-0.1, -0.05) is 126 Å². The van der Waals surface area contributed by atoms with Gasteiger partial charge in [-0.2, -0.15) is 0 Å². The van der Waals surface area contributed by atoms with Crippen molar-refractivity contribution >= 4 is 46.7 Å². The Kier molecular flexibility index (Phi) is 12.0. The summed E-state index contributed by atoms with van der Waals surface area (Å²) < 4.78 is 34.4. The van der Waals surface area contributed by atoms with Crippen LogP contribution < -0.4 is 0 Å².